The number of aromatic nitrogens is 3. The molecule has 2 aromatic rings. The molecule has 0 radical (unpaired) electrons. The van der Waals surface area contributed by atoms with E-state index in [4.69, 9.17) is 0 Å². The molecule has 0 aliphatic carbocycles. The van der Waals surface area contributed by atoms with Crippen LogP contribution in [0.2, 0.25) is 0 Å². The van der Waals surface area contributed by atoms with Crippen LogP contribution in [-0.2, 0) is 0 Å². The fraction of sp³-hybridized carbons (Fsp3) is 0.125. The molecule has 0 N–H and O–H groups in total. The molecule has 0 amide bonds. The summed E-state index contributed by atoms with van der Waals surface area (Å²) in [4.78, 5) is 12.2. The highest BCUT2D eigenvalue weighted by molar-refractivity contribution is 7.13. The van der Waals surface area contributed by atoms with Crippen molar-refractivity contribution < 1.29 is 0 Å². The maximum Gasteiger partial charge on any atom is 0.126 e. The van der Waals surface area contributed by atoms with Crippen molar-refractivity contribution in [1.82, 2.24) is 15.0 Å². The summed E-state index contributed by atoms with van der Waals surface area (Å²) in [6, 6.07) is 0. The summed E-state index contributed by atoms with van der Waals surface area (Å²) < 4.78 is 0. The van der Waals surface area contributed by atoms with Crippen LogP contribution in [0.15, 0.2) is 24.1 Å². The second-order valence-electron chi connectivity index (χ2n) is 2.42. The van der Waals surface area contributed by atoms with Crippen LogP contribution in [0, 0.1) is 6.92 Å². The first-order valence-corrected chi connectivity index (χ1v) is 4.42. The van der Waals surface area contributed by atoms with Crippen LogP contribution < -0.4 is 0 Å². The van der Waals surface area contributed by atoms with Gasteiger partial charge in [-0.3, -0.25) is 0 Å². The number of thiazole rings is 1. The number of aryl methyl sites for hydroxylation is 1. The smallest absolute Gasteiger partial charge is 0.126 e. The Kier molecular flexibility index (Phi) is 1.83. The van der Waals surface area contributed by atoms with Crippen molar-refractivity contribution >= 4 is 11.3 Å². The predicted octanol–water partition coefficient (Wildman–Crippen LogP) is 1.91. The van der Waals surface area contributed by atoms with Gasteiger partial charge in [0.1, 0.15) is 11.3 Å². The van der Waals surface area contributed by atoms with E-state index in [1.54, 1.807) is 23.7 Å². The molecule has 0 bridgehead atoms. The highest BCUT2D eigenvalue weighted by atomic mass is 32.1. The molecule has 60 valence electrons. The van der Waals surface area contributed by atoms with Crippen LogP contribution in [0.25, 0.3) is 10.6 Å². The van der Waals surface area contributed by atoms with E-state index in [9.17, 15) is 0 Å². The topological polar surface area (TPSA) is 38.7 Å². The minimum absolute atomic E-state index is 0.980. The van der Waals surface area contributed by atoms with Gasteiger partial charge in [0.25, 0.3) is 0 Å². The molecular weight excluding hydrogens is 170 g/mol. The summed E-state index contributed by atoms with van der Waals surface area (Å²) in [7, 11) is 0. The van der Waals surface area contributed by atoms with E-state index >= 15 is 0 Å². The third-order valence-corrected chi connectivity index (χ3v) is 2.44. The molecule has 4 heteroatoms. The van der Waals surface area contributed by atoms with Gasteiger partial charge >= 0.3 is 0 Å². The van der Waals surface area contributed by atoms with Crippen LogP contribution in [0.1, 0.15) is 5.69 Å². The lowest BCUT2D eigenvalue weighted by Gasteiger charge is -1.90. The van der Waals surface area contributed by atoms with E-state index in [0.717, 1.165) is 16.3 Å². The second kappa shape index (κ2) is 2.98. The molecule has 0 saturated heterocycles. The zero-order valence-corrected chi connectivity index (χ0v) is 7.38. The summed E-state index contributed by atoms with van der Waals surface area (Å²) >= 11 is 1.61. The molecule has 0 aliphatic rings. The van der Waals surface area contributed by atoms with Crippen LogP contribution in [0.5, 0.6) is 0 Å². The van der Waals surface area contributed by atoms with Gasteiger partial charge in [-0.2, -0.15) is 0 Å². The van der Waals surface area contributed by atoms with Crippen molar-refractivity contribution in [2.75, 3.05) is 0 Å². The molecule has 12 heavy (non-hydrogen) atoms. The van der Waals surface area contributed by atoms with Crippen molar-refractivity contribution in [1.29, 1.82) is 0 Å². The minimum Gasteiger partial charge on any atom is -0.244 e. The van der Waals surface area contributed by atoms with E-state index in [2.05, 4.69) is 15.0 Å². The summed E-state index contributed by atoms with van der Waals surface area (Å²) in [5.74, 6) is 0. The van der Waals surface area contributed by atoms with Crippen molar-refractivity contribution in [3.8, 4) is 10.6 Å². The summed E-state index contributed by atoms with van der Waals surface area (Å²) in [5.41, 5.74) is 2.02. The third-order valence-electron chi connectivity index (χ3n) is 1.43. The molecule has 0 aromatic carbocycles. The lowest BCUT2D eigenvalue weighted by Crippen LogP contribution is -1.80. The van der Waals surface area contributed by atoms with Crippen LogP contribution >= 0.6 is 11.3 Å². The predicted molar refractivity (Wildman–Crippen MR) is 47.9 cm³/mol. The maximum absolute atomic E-state index is 4.32. The van der Waals surface area contributed by atoms with E-state index < -0.39 is 0 Å². The SMILES string of the molecule is Cc1csc(-c2cncnc2)n1. The van der Waals surface area contributed by atoms with Gasteiger partial charge in [-0.25, -0.2) is 15.0 Å². The number of nitrogens with zero attached hydrogens (tertiary/aromatic N) is 3. The van der Waals surface area contributed by atoms with Gasteiger partial charge in [-0.05, 0) is 6.92 Å². The third kappa shape index (κ3) is 1.33. The average molecular weight is 177 g/mol. The van der Waals surface area contributed by atoms with E-state index in [-0.39, 0.29) is 0 Å². The number of hydrogen-bond acceptors (Lipinski definition) is 4. The van der Waals surface area contributed by atoms with Gasteiger partial charge in [-0.1, -0.05) is 0 Å². The molecule has 0 spiro atoms. The van der Waals surface area contributed by atoms with E-state index in [0.29, 0.717) is 0 Å². The van der Waals surface area contributed by atoms with Gasteiger partial charge in [0.05, 0.1) is 0 Å². The molecular formula is C8H7N3S. The molecule has 0 unspecified atom stereocenters. The Morgan fingerprint density at radius 3 is 2.58 bits per heavy atom. The van der Waals surface area contributed by atoms with Gasteiger partial charge in [0.2, 0.25) is 0 Å². The maximum atomic E-state index is 4.32. The van der Waals surface area contributed by atoms with Crippen LogP contribution in [0.3, 0.4) is 0 Å². The van der Waals surface area contributed by atoms with Gasteiger partial charge in [-0.15, -0.1) is 11.3 Å². The zero-order chi connectivity index (χ0) is 8.39. The summed E-state index contributed by atoms with van der Waals surface area (Å²) in [6.07, 6.45) is 5.06. The first-order valence-electron chi connectivity index (χ1n) is 3.54. The number of hydrogen-bond donors (Lipinski definition) is 0. The Morgan fingerprint density at radius 2 is 2.00 bits per heavy atom. The molecule has 0 saturated carbocycles. The van der Waals surface area contributed by atoms with E-state index in [1.807, 2.05) is 12.3 Å². The van der Waals surface area contributed by atoms with Crippen molar-refractivity contribution in [3.05, 3.63) is 29.8 Å². The highest BCUT2D eigenvalue weighted by Crippen LogP contribution is 2.21. The quantitative estimate of drug-likeness (QED) is 0.667. The molecule has 2 aromatic heterocycles. The van der Waals surface area contributed by atoms with Gasteiger partial charge < -0.3 is 0 Å². The molecule has 0 aliphatic heterocycles. The van der Waals surface area contributed by atoms with Crippen molar-refractivity contribution in [3.63, 3.8) is 0 Å². The Labute approximate surface area is 74.2 Å². The van der Waals surface area contributed by atoms with Gasteiger partial charge in [0, 0.05) is 29.0 Å². The molecule has 3 nitrogen and oxygen atoms in total. The van der Waals surface area contributed by atoms with Crippen molar-refractivity contribution in [2.24, 2.45) is 0 Å². The molecule has 0 atom stereocenters. The highest BCUT2D eigenvalue weighted by Gasteiger charge is 2.00. The van der Waals surface area contributed by atoms with Crippen LogP contribution in [-0.4, -0.2) is 15.0 Å². The molecule has 2 heterocycles. The summed E-state index contributed by atoms with van der Waals surface area (Å²) in [5, 5.41) is 3.00. The van der Waals surface area contributed by atoms with Crippen molar-refractivity contribution in [2.45, 2.75) is 6.92 Å². The monoisotopic (exact) mass is 177 g/mol. The average Bonchev–Trinajstić information content (AvgIpc) is 2.54. The first kappa shape index (κ1) is 7.36. The van der Waals surface area contributed by atoms with Crippen LogP contribution in [0.4, 0.5) is 0 Å². The Bertz CT molecular complexity index is 369. The Morgan fingerprint density at radius 1 is 1.25 bits per heavy atom. The largest absolute Gasteiger partial charge is 0.244 e. The fourth-order valence-electron chi connectivity index (χ4n) is 0.896. The Hall–Kier alpha value is -1.29. The lowest BCUT2D eigenvalue weighted by atomic mass is 10.4. The lowest BCUT2D eigenvalue weighted by molar-refractivity contribution is 1.16. The summed E-state index contributed by atoms with van der Waals surface area (Å²) in [6.45, 7) is 1.98. The zero-order valence-electron chi connectivity index (χ0n) is 6.56. The number of rotatable bonds is 1. The minimum atomic E-state index is 0.980. The normalized spacial score (nSPS) is 10.1. The molecule has 0 fully saturated rings. The second-order valence-corrected chi connectivity index (χ2v) is 3.28. The molecule has 2 rings (SSSR count). The standard InChI is InChI=1S/C8H7N3S/c1-6-4-12-8(11-6)7-2-9-5-10-3-7/h2-5H,1H3. The first-order chi connectivity index (χ1) is 5.86. The Balaban J connectivity index is 2.45. The van der Waals surface area contributed by atoms with E-state index in [1.165, 1.54) is 6.33 Å². The van der Waals surface area contributed by atoms with Gasteiger partial charge in [0.15, 0.2) is 0 Å². The fourth-order valence-corrected chi connectivity index (χ4v) is 1.67.